The summed E-state index contributed by atoms with van der Waals surface area (Å²) >= 11 is 5.59. The number of likely N-dealkylation sites (N-methyl/N-ethyl adjacent to an activating group) is 1. The second kappa shape index (κ2) is 9.04. The number of hydrogen-bond donors (Lipinski definition) is 0. The summed E-state index contributed by atoms with van der Waals surface area (Å²) < 4.78 is 5.71. The summed E-state index contributed by atoms with van der Waals surface area (Å²) in [5, 5.41) is 0. The van der Waals surface area contributed by atoms with Crippen LogP contribution in [-0.4, -0.2) is 36.9 Å². The normalized spacial score (nSPS) is 11.3. The van der Waals surface area contributed by atoms with E-state index in [1.54, 1.807) is 11.9 Å². The molecule has 0 spiro atoms. The second-order valence-corrected chi connectivity index (χ2v) is 6.60. The summed E-state index contributed by atoms with van der Waals surface area (Å²) in [5.41, 5.74) is 1.50. The minimum absolute atomic E-state index is 0.115. The molecule has 0 aliphatic heterocycles. The van der Waals surface area contributed by atoms with Gasteiger partial charge in [-0.2, -0.15) is 0 Å². The third-order valence-corrected chi connectivity index (χ3v) is 4.43. The van der Waals surface area contributed by atoms with E-state index in [4.69, 9.17) is 16.3 Å². The van der Waals surface area contributed by atoms with Crippen molar-refractivity contribution in [3.8, 4) is 5.75 Å². The highest BCUT2D eigenvalue weighted by Crippen LogP contribution is 2.27. The van der Waals surface area contributed by atoms with Crippen molar-refractivity contribution in [2.45, 2.75) is 45.4 Å². The number of ether oxygens (including phenoxy) is 1. The maximum Gasteiger partial charge on any atom is 0.222 e. The third kappa shape index (κ3) is 5.88. The van der Waals surface area contributed by atoms with Crippen molar-refractivity contribution in [1.82, 2.24) is 4.90 Å². The lowest BCUT2D eigenvalue weighted by atomic mass is 9.82. The zero-order valence-corrected chi connectivity index (χ0v) is 14.9. The number of amides is 1. The molecule has 0 saturated heterocycles. The number of rotatable bonds is 9. The molecule has 4 heteroatoms. The van der Waals surface area contributed by atoms with Gasteiger partial charge in [0.05, 0.1) is 6.54 Å². The van der Waals surface area contributed by atoms with Crippen LogP contribution >= 0.6 is 11.6 Å². The van der Waals surface area contributed by atoms with Crippen LogP contribution in [0.1, 0.15) is 45.6 Å². The fraction of sp³-hybridized carbons (Fsp3) is 0.611. The lowest BCUT2D eigenvalue weighted by Crippen LogP contribution is -2.30. The molecular formula is C18H28ClNO2. The fourth-order valence-electron chi connectivity index (χ4n) is 2.04. The van der Waals surface area contributed by atoms with Gasteiger partial charge in [-0.1, -0.05) is 32.9 Å². The minimum atomic E-state index is 0.115. The zero-order chi connectivity index (χ0) is 16.6. The molecule has 0 unspecified atom stereocenters. The quantitative estimate of drug-likeness (QED) is 0.636. The van der Waals surface area contributed by atoms with Crippen molar-refractivity contribution in [3.63, 3.8) is 0 Å². The Morgan fingerprint density at radius 1 is 1.27 bits per heavy atom. The van der Waals surface area contributed by atoms with Gasteiger partial charge in [-0.25, -0.2) is 0 Å². The standard InChI is InChI=1S/C18H28ClNO2/c1-5-18(2,3)15-8-10-16(11-9-15)22-14-13-20(4)17(21)7-6-12-19/h8-11H,5-7,12-14H2,1-4H3. The van der Waals surface area contributed by atoms with Crippen LogP contribution in [0.2, 0.25) is 0 Å². The summed E-state index contributed by atoms with van der Waals surface area (Å²) in [7, 11) is 1.80. The molecule has 1 aromatic carbocycles. The van der Waals surface area contributed by atoms with Gasteiger partial charge in [0.25, 0.3) is 0 Å². The molecular weight excluding hydrogens is 298 g/mol. The van der Waals surface area contributed by atoms with Crippen molar-refractivity contribution in [2.75, 3.05) is 26.1 Å². The second-order valence-electron chi connectivity index (χ2n) is 6.22. The molecule has 0 N–H and O–H groups in total. The predicted octanol–water partition coefficient (Wildman–Crippen LogP) is 4.23. The topological polar surface area (TPSA) is 29.5 Å². The molecule has 0 fully saturated rings. The van der Waals surface area contributed by atoms with E-state index in [0.717, 1.165) is 18.6 Å². The van der Waals surface area contributed by atoms with Gasteiger partial charge in [-0.15, -0.1) is 11.6 Å². The molecule has 0 heterocycles. The Balaban J connectivity index is 2.41. The van der Waals surface area contributed by atoms with Gasteiger partial charge in [-0.3, -0.25) is 4.79 Å². The van der Waals surface area contributed by atoms with E-state index in [2.05, 4.69) is 32.9 Å². The lowest BCUT2D eigenvalue weighted by molar-refractivity contribution is -0.130. The van der Waals surface area contributed by atoms with Crippen molar-refractivity contribution < 1.29 is 9.53 Å². The molecule has 0 radical (unpaired) electrons. The Labute approximate surface area is 139 Å². The first-order valence-electron chi connectivity index (χ1n) is 7.94. The highest BCUT2D eigenvalue weighted by Gasteiger charge is 2.17. The van der Waals surface area contributed by atoms with Crippen LogP contribution in [0.25, 0.3) is 0 Å². The van der Waals surface area contributed by atoms with Crippen molar-refractivity contribution in [3.05, 3.63) is 29.8 Å². The van der Waals surface area contributed by atoms with Crippen LogP contribution < -0.4 is 4.74 Å². The summed E-state index contributed by atoms with van der Waals surface area (Å²) in [4.78, 5) is 13.4. The van der Waals surface area contributed by atoms with E-state index >= 15 is 0 Å². The number of nitrogens with zero attached hydrogens (tertiary/aromatic N) is 1. The first kappa shape index (κ1) is 18.8. The summed E-state index contributed by atoms with van der Waals surface area (Å²) in [6.07, 6.45) is 2.32. The highest BCUT2D eigenvalue weighted by atomic mass is 35.5. The number of alkyl halides is 1. The van der Waals surface area contributed by atoms with Crippen molar-refractivity contribution in [1.29, 1.82) is 0 Å². The van der Waals surface area contributed by atoms with Gasteiger partial charge < -0.3 is 9.64 Å². The molecule has 0 saturated carbocycles. The largest absolute Gasteiger partial charge is 0.492 e. The van der Waals surface area contributed by atoms with Gasteiger partial charge in [0.15, 0.2) is 0 Å². The van der Waals surface area contributed by atoms with E-state index in [1.807, 2.05) is 12.1 Å². The third-order valence-electron chi connectivity index (χ3n) is 4.17. The van der Waals surface area contributed by atoms with E-state index in [0.29, 0.717) is 25.5 Å². The molecule has 1 aromatic rings. The molecule has 0 bridgehead atoms. The monoisotopic (exact) mass is 325 g/mol. The van der Waals surface area contributed by atoms with E-state index in [-0.39, 0.29) is 11.3 Å². The Hall–Kier alpha value is -1.22. The van der Waals surface area contributed by atoms with Crippen LogP contribution in [-0.2, 0) is 10.2 Å². The molecule has 0 aliphatic carbocycles. The number of halogens is 1. The Morgan fingerprint density at radius 2 is 1.91 bits per heavy atom. The number of carbonyl (C=O) groups is 1. The molecule has 1 rings (SSSR count). The molecule has 124 valence electrons. The highest BCUT2D eigenvalue weighted by molar-refractivity contribution is 6.17. The smallest absolute Gasteiger partial charge is 0.222 e. The molecule has 0 aromatic heterocycles. The van der Waals surface area contributed by atoms with Crippen LogP contribution in [0.3, 0.4) is 0 Å². The van der Waals surface area contributed by atoms with Gasteiger partial charge in [0.1, 0.15) is 12.4 Å². The fourth-order valence-corrected chi connectivity index (χ4v) is 2.17. The van der Waals surface area contributed by atoms with Gasteiger partial charge in [0.2, 0.25) is 5.91 Å². The number of hydrogen-bond acceptors (Lipinski definition) is 2. The van der Waals surface area contributed by atoms with Gasteiger partial charge in [-0.05, 0) is 36.0 Å². The van der Waals surface area contributed by atoms with Crippen LogP contribution in [0, 0.1) is 0 Å². The van der Waals surface area contributed by atoms with E-state index < -0.39 is 0 Å². The van der Waals surface area contributed by atoms with E-state index in [9.17, 15) is 4.79 Å². The Morgan fingerprint density at radius 3 is 2.45 bits per heavy atom. The average Bonchev–Trinajstić information content (AvgIpc) is 2.52. The van der Waals surface area contributed by atoms with Crippen molar-refractivity contribution in [2.24, 2.45) is 0 Å². The summed E-state index contributed by atoms with van der Waals surface area (Å²) in [6.45, 7) is 7.76. The molecule has 3 nitrogen and oxygen atoms in total. The minimum Gasteiger partial charge on any atom is -0.492 e. The molecule has 0 aliphatic rings. The van der Waals surface area contributed by atoms with Crippen LogP contribution in [0.4, 0.5) is 0 Å². The maximum atomic E-state index is 11.7. The summed E-state index contributed by atoms with van der Waals surface area (Å²) in [6, 6.07) is 8.24. The summed E-state index contributed by atoms with van der Waals surface area (Å²) in [5.74, 6) is 1.48. The molecule has 22 heavy (non-hydrogen) atoms. The first-order chi connectivity index (χ1) is 10.4. The van der Waals surface area contributed by atoms with Crippen LogP contribution in [0.5, 0.6) is 5.75 Å². The van der Waals surface area contributed by atoms with Gasteiger partial charge in [0, 0.05) is 19.3 Å². The number of carbonyl (C=O) groups excluding carboxylic acids is 1. The Bertz CT molecular complexity index is 457. The maximum absolute atomic E-state index is 11.7. The van der Waals surface area contributed by atoms with Gasteiger partial charge >= 0.3 is 0 Å². The first-order valence-corrected chi connectivity index (χ1v) is 8.47. The van der Waals surface area contributed by atoms with Crippen LogP contribution in [0.15, 0.2) is 24.3 Å². The zero-order valence-electron chi connectivity index (χ0n) is 14.2. The molecule has 0 atom stereocenters. The predicted molar refractivity (Wildman–Crippen MR) is 92.8 cm³/mol. The lowest BCUT2D eigenvalue weighted by Gasteiger charge is -2.23. The molecule has 1 amide bonds. The SMILES string of the molecule is CCC(C)(C)c1ccc(OCCN(C)C(=O)CCCCl)cc1. The van der Waals surface area contributed by atoms with E-state index in [1.165, 1.54) is 5.56 Å². The number of benzene rings is 1. The Kier molecular flexibility index (Phi) is 7.74. The van der Waals surface area contributed by atoms with Crippen molar-refractivity contribution >= 4 is 17.5 Å². The average molecular weight is 326 g/mol.